The molecule has 1 rings (SSSR count). The molecule has 1 aromatic rings. The third kappa shape index (κ3) is 7.76. The molecule has 0 atom stereocenters. The number of rotatable bonds is 8. The first-order valence-electron chi connectivity index (χ1n) is 8.37. The number of unbranched alkanes of at least 4 members (excludes halogenated alkanes) is 2. The molecular formula is C18H27N3O3. The summed E-state index contributed by atoms with van der Waals surface area (Å²) < 4.78 is 0. The summed E-state index contributed by atoms with van der Waals surface area (Å²) in [5, 5.41) is 2.80. The van der Waals surface area contributed by atoms with Gasteiger partial charge >= 0.3 is 0 Å². The number of carbonyl (C=O) groups excluding carboxylic acids is 3. The van der Waals surface area contributed by atoms with E-state index in [9.17, 15) is 14.4 Å². The van der Waals surface area contributed by atoms with Crippen LogP contribution in [0.25, 0.3) is 0 Å². The van der Waals surface area contributed by atoms with Crippen molar-refractivity contribution >= 4 is 23.4 Å². The van der Waals surface area contributed by atoms with Crippen LogP contribution < -0.4 is 16.2 Å². The van der Waals surface area contributed by atoms with Crippen LogP contribution >= 0.6 is 0 Å². The number of hydrogen-bond donors (Lipinski definition) is 3. The normalized spacial score (nSPS) is 10.1. The van der Waals surface area contributed by atoms with E-state index in [1.54, 1.807) is 0 Å². The van der Waals surface area contributed by atoms with Crippen molar-refractivity contribution in [1.82, 2.24) is 10.9 Å². The van der Waals surface area contributed by atoms with E-state index in [0.717, 1.165) is 36.1 Å². The number of amides is 3. The van der Waals surface area contributed by atoms with Crippen LogP contribution in [0, 0.1) is 13.8 Å². The number of aryl methyl sites for hydroxylation is 2. The Labute approximate surface area is 143 Å². The molecule has 0 aromatic heterocycles. The molecule has 0 spiro atoms. The Morgan fingerprint density at radius 1 is 0.875 bits per heavy atom. The molecule has 24 heavy (non-hydrogen) atoms. The first-order chi connectivity index (χ1) is 11.4. The van der Waals surface area contributed by atoms with E-state index in [1.165, 1.54) is 0 Å². The molecule has 0 heterocycles. The van der Waals surface area contributed by atoms with Gasteiger partial charge in [-0.25, -0.2) is 0 Å². The molecule has 0 fully saturated rings. The van der Waals surface area contributed by atoms with Gasteiger partial charge in [0.25, 0.3) is 0 Å². The van der Waals surface area contributed by atoms with Crippen LogP contribution in [0.5, 0.6) is 0 Å². The van der Waals surface area contributed by atoms with Gasteiger partial charge in [-0.2, -0.15) is 0 Å². The fourth-order valence-electron chi connectivity index (χ4n) is 2.11. The molecule has 0 radical (unpaired) electrons. The van der Waals surface area contributed by atoms with E-state index < -0.39 is 0 Å². The lowest BCUT2D eigenvalue weighted by molar-refractivity contribution is -0.129. The highest BCUT2D eigenvalue weighted by Gasteiger charge is 2.09. The number of benzene rings is 1. The molecule has 1 aromatic carbocycles. The first kappa shape index (κ1) is 19.7. The van der Waals surface area contributed by atoms with Gasteiger partial charge in [-0.05, 0) is 37.5 Å². The Balaban J connectivity index is 2.27. The molecule has 3 N–H and O–H groups in total. The molecule has 132 valence electrons. The zero-order valence-corrected chi connectivity index (χ0v) is 14.7. The number of hydrogen-bond acceptors (Lipinski definition) is 3. The lowest BCUT2D eigenvalue weighted by Gasteiger charge is -2.10. The van der Waals surface area contributed by atoms with E-state index in [2.05, 4.69) is 23.1 Å². The monoisotopic (exact) mass is 333 g/mol. The maximum absolute atomic E-state index is 11.9. The number of anilines is 1. The van der Waals surface area contributed by atoms with Crippen molar-refractivity contribution in [2.45, 2.75) is 59.3 Å². The van der Waals surface area contributed by atoms with Gasteiger partial charge in [0.05, 0.1) is 0 Å². The van der Waals surface area contributed by atoms with Crippen molar-refractivity contribution in [3.8, 4) is 0 Å². The van der Waals surface area contributed by atoms with Crippen LogP contribution in [-0.2, 0) is 14.4 Å². The Hall–Kier alpha value is -2.37. The zero-order valence-electron chi connectivity index (χ0n) is 14.7. The van der Waals surface area contributed by atoms with Crippen molar-refractivity contribution in [1.29, 1.82) is 0 Å². The molecule has 0 unspecified atom stereocenters. The molecule has 0 bridgehead atoms. The van der Waals surface area contributed by atoms with Gasteiger partial charge < -0.3 is 5.32 Å². The lowest BCUT2D eigenvalue weighted by Crippen LogP contribution is -2.41. The molecular weight excluding hydrogens is 306 g/mol. The van der Waals surface area contributed by atoms with Crippen molar-refractivity contribution < 1.29 is 14.4 Å². The molecule has 0 aliphatic carbocycles. The highest BCUT2D eigenvalue weighted by molar-refractivity contribution is 5.94. The minimum absolute atomic E-state index is 0.0198. The molecule has 3 amide bonds. The van der Waals surface area contributed by atoms with Gasteiger partial charge in [-0.1, -0.05) is 31.9 Å². The van der Waals surface area contributed by atoms with Gasteiger partial charge in [0.15, 0.2) is 0 Å². The van der Waals surface area contributed by atoms with Gasteiger partial charge in [-0.3, -0.25) is 25.2 Å². The Bertz CT molecular complexity index is 585. The summed E-state index contributed by atoms with van der Waals surface area (Å²) in [4.78, 5) is 35.0. The number of nitrogens with one attached hydrogen (secondary N) is 3. The van der Waals surface area contributed by atoms with Gasteiger partial charge in [0.2, 0.25) is 17.7 Å². The summed E-state index contributed by atoms with van der Waals surface area (Å²) in [5.41, 5.74) is 7.47. The minimum Gasteiger partial charge on any atom is -0.326 e. The molecule has 0 aliphatic rings. The maximum atomic E-state index is 11.9. The third-order valence-electron chi connectivity index (χ3n) is 3.60. The second-order valence-electron chi connectivity index (χ2n) is 5.92. The Morgan fingerprint density at radius 2 is 1.50 bits per heavy atom. The predicted octanol–water partition coefficient (Wildman–Crippen LogP) is 2.75. The maximum Gasteiger partial charge on any atom is 0.238 e. The van der Waals surface area contributed by atoms with E-state index in [4.69, 9.17) is 0 Å². The summed E-state index contributed by atoms with van der Waals surface area (Å²) in [7, 11) is 0. The topological polar surface area (TPSA) is 87.3 Å². The summed E-state index contributed by atoms with van der Waals surface area (Å²) >= 11 is 0. The number of carbonyl (C=O) groups is 3. The SMILES string of the molecule is CCCCCC(=O)NNC(=O)CCC(=O)Nc1cc(C)ccc1C. The summed E-state index contributed by atoms with van der Waals surface area (Å²) in [6.07, 6.45) is 3.30. The van der Waals surface area contributed by atoms with E-state index >= 15 is 0 Å². The second kappa shape index (κ2) is 10.4. The smallest absolute Gasteiger partial charge is 0.238 e. The van der Waals surface area contributed by atoms with E-state index in [1.807, 2.05) is 32.0 Å². The Morgan fingerprint density at radius 3 is 2.17 bits per heavy atom. The Kier molecular flexibility index (Phi) is 8.54. The van der Waals surface area contributed by atoms with Gasteiger partial charge in [-0.15, -0.1) is 0 Å². The van der Waals surface area contributed by atoms with Crippen LogP contribution in [0.4, 0.5) is 5.69 Å². The van der Waals surface area contributed by atoms with E-state index in [0.29, 0.717) is 6.42 Å². The minimum atomic E-state index is -0.380. The highest BCUT2D eigenvalue weighted by Crippen LogP contribution is 2.16. The standard InChI is InChI=1S/C18H27N3O3/c1-4-5-6-7-17(23)20-21-18(24)11-10-16(22)19-15-12-13(2)8-9-14(15)3/h8-9,12H,4-7,10-11H2,1-3H3,(H,19,22)(H,20,23)(H,21,24). The highest BCUT2D eigenvalue weighted by atomic mass is 16.2. The largest absolute Gasteiger partial charge is 0.326 e. The zero-order chi connectivity index (χ0) is 17.9. The molecule has 6 nitrogen and oxygen atoms in total. The van der Waals surface area contributed by atoms with Crippen molar-refractivity contribution in [2.24, 2.45) is 0 Å². The van der Waals surface area contributed by atoms with Crippen LogP contribution in [0.3, 0.4) is 0 Å². The predicted molar refractivity (Wildman–Crippen MR) is 94.2 cm³/mol. The van der Waals surface area contributed by atoms with Gasteiger partial charge in [0.1, 0.15) is 0 Å². The van der Waals surface area contributed by atoms with Crippen LogP contribution in [0.2, 0.25) is 0 Å². The van der Waals surface area contributed by atoms with Crippen LogP contribution in [0.15, 0.2) is 18.2 Å². The molecule has 0 aliphatic heterocycles. The average Bonchev–Trinajstić information content (AvgIpc) is 2.54. The summed E-state index contributed by atoms with van der Waals surface area (Å²) in [5.74, 6) is -0.820. The quantitative estimate of drug-likeness (QED) is 0.505. The van der Waals surface area contributed by atoms with Crippen LogP contribution in [0.1, 0.15) is 56.6 Å². The number of hydrazine groups is 1. The fourth-order valence-corrected chi connectivity index (χ4v) is 2.11. The van der Waals surface area contributed by atoms with Gasteiger partial charge in [0, 0.05) is 24.9 Å². The van der Waals surface area contributed by atoms with Crippen molar-refractivity contribution in [2.75, 3.05) is 5.32 Å². The lowest BCUT2D eigenvalue weighted by atomic mass is 10.1. The fraction of sp³-hybridized carbons (Fsp3) is 0.500. The average molecular weight is 333 g/mol. The van der Waals surface area contributed by atoms with Crippen molar-refractivity contribution in [3.05, 3.63) is 29.3 Å². The first-order valence-corrected chi connectivity index (χ1v) is 8.37. The second-order valence-corrected chi connectivity index (χ2v) is 5.92. The van der Waals surface area contributed by atoms with E-state index in [-0.39, 0.29) is 30.6 Å². The third-order valence-corrected chi connectivity index (χ3v) is 3.60. The van der Waals surface area contributed by atoms with Crippen molar-refractivity contribution in [3.63, 3.8) is 0 Å². The molecule has 6 heteroatoms. The summed E-state index contributed by atoms with van der Waals surface area (Å²) in [6, 6.07) is 5.80. The summed E-state index contributed by atoms with van der Waals surface area (Å²) in [6.45, 7) is 5.92. The molecule has 0 saturated heterocycles. The van der Waals surface area contributed by atoms with Crippen LogP contribution in [-0.4, -0.2) is 17.7 Å². The molecule has 0 saturated carbocycles.